The van der Waals surface area contributed by atoms with Gasteiger partial charge >= 0.3 is 0 Å². The molecule has 1 fully saturated rings. The molecule has 18 heavy (non-hydrogen) atoms. The van der Waals surface area contributed by atoms with E-state index < -0.39 is 0 Å². The first-order valence-electron chi connectivity index (χ1n) is 7.41. The second-order valence-corrected chi connectivity index (χ2v) is 5.40. The van der Waals surface area contributed by atoms with E-state index in [1.165, 1.54) is 12.8 Å². The van der Waals surface area contributed by atoms with Crippen molar-refractivity contribution in [3.63, 3.8) is 0 Å². The van der Waals surface area contributed by atoms with Crippen molar-refractivity contribution in [3.8, 4) is 0 Å². The minimum Gasteiger partial charge on any atom is -0.352 e. The molecular weight excluding hydrogens is 226 g/mol. The van der Waals surface area contributed by atoms with Gasteiger partial charge in [-0.15, -0.1) is 0 Å². The van der Waals surface area contributed by atoms with Crippen LogP contribution < -0.4 is 11.1 Å². The monoisotopic (exact) mass is 255 g/mol. The molecule has 1 heterocycles. The lowest BCUT2D eigenvalue weighted by Crippen LogP contribution is -2.45. The molecule has 0 aliphatic carbocycles. The van der Waals surface area contributed by atoms with E-state index in [4.69, 9.17) is 5.73 Å². The van der Waals surface area contributed by atoms with Gasteiger partial charge in [0.1, 0.15) is 0 Å². The third-order valence-electron chi connectivity index (χ3n) is 3.90. The zero-order valence-corrected chi connectivity index (χ0v) is 12.0. The fraction of sp³-hybridized carbons (Fsp3) is 0.929. The van der Waals surface area contributed by atoms with Crippen molar-refractivity contribution in [2.24, 2.45) is 11.7 Å². The van der Waals surface area contributed by atoms with Gasteiger partial charge in [-0.25, -0.2) is 0 Å². The number of hydrogen-bond acceptors (Lipinski definition) is 3. The Morgan fingerprint density at radius 3 is 2.78 bits per heavy atom. The highest BCUT2D eigenvalue weighted by atomic mass is 16.2. The van der Waals surface area contributed by atoms with Crippen LogP contribution in [0.3, 0.4) is 0 Å². The van der Waals surface area contributed by atoms with Crippen molar-refractivity contribution in [3.05, 3.63) is 0 Å². The maximum atomic E-state index is 11.9. The summed E-state index contributed by atoms with van der Waals surface area (Å²) in [4.78, 5) is 14.2. The zero-order valence-electron chi connectivity index (χ0n) is 12.0. The lowest BCUT2D eigenvalue weighted by molar-refractivity contribution is -0.123. The van der Waals surface area contributed by atoms with Crippen LogP contribution in [0.15, 0.2) is 0 Å². The standard InChI is InChI=1S/C14H29N3O/c1-3-13(4-2)16-14(18)11-17-9-5-6-12(10-17)7-8-15/h12-13H,3-11,15H2,1-2H3,(H,16,18). The highest BCUT2D eigenvalue weighted by molar-refractivity contribution is 5.78. The summed E-state index contributed by atoms with van der Waals surface area (Å²) in [6.45, 7) is 7.64. The summed E-state index contributed by atoms with van der Waals surface area (Å²) in [7, 11) is 0. The molecule has 1 rings (SSSR count). The van der Waals surface area contributed by atoms with Gasteiger partial charge in [-0.1, -0.05) is 13.8 Å². The molecular formula is C14H29N3O. The van der Waals surface area contributed by atoms with E-state index in [0.29, 0.717) is 18.5 Å². The molecule has 1 aliphatic heterocycles. The molecule has 1 amide bonds. The molecule has 0 bridgehead atoms. The Morgan fingerprint density at radius 2 is 2.17 bits per heavy atom. The van der Waals surface area contributed by atoms with Crippen LogP contribution >= 0.6 is 0 Å². The second-order valence-electron chi connectivity index (χ2n) is 5.40. The van der Waals surface area contributed by atoms with Crippen molar-refractivity contribution < 1.29 is 4.79 Å². The van der Waals surface area contributed by atoms with Gasteiger partial charge in [0, 0.05) is 12.6 Å². The number of hydrogen-bond donors (Lipinski definition) is 2. The summed E-state index contributed by atoms with van der Waals surface area (Å²) in [5.74, 6) is 0.863. The van der Waals surface area contributed by atoms with E-state index in [1.807, 2.05) is 0 Å². The van der Waals surface area contributed by atoms with Crippen LogP contribution in [0.4, 0.5) is 0 Å². The number of nitrogens with zero attached hydrogens (tertiary/aromatic N) is 1. The predicted molar refractivity (Wildman–Crippen MR) is 75.3 cm³/mol. The third-order valence-corrected chi connectivity index (χ3v) is 3.90. The van der Waals surface area contributed by atoms with Crippen LogP contribution in [0.1, 0.15) is 46.0 Å². The van der Waals surface area contributed by atoms with Gasteiger partial charge in [0.25, 0.3) is 0 Å². The summed E-state index contributed by atoms with van der Waals surface area (Å²) < 4.78 is 0. The highest BCUT2D eigenvalue weighted by Gasteiger charge is 2.21. The minimum atomic E-state index is 0.178. The first-order chi connectivity index (χ1) is 8.69. The van der Waals surface area contributed by atoms with E-state index in [-0.39, 0.29) is 5.91 Å². The van der Waals surface area contributed by atoms with Gasteiger partial charge in [-0.05, 0) is 51.1 Å². The average Bonchev–Trinajstić information content (AvgIpc) is 2.36. The Labute approximate surface area is 111 Å². The maximum Gasteiger partial charge on any atom is 0.234 e. The Balaban J connectivity index is 2.30. The number of amides is 1. The van der Waals surface area contributed by atoms with E-state index in [2.05, 4.69) is 24.1 Å². The smallest absolute Gasteiger partial charge is 0.234 e. The molecule has 4 nitrogen and oxygen atoms in total. The number of likely N-dealkylation sites (tertiary alicyclic amines) is 1. The van der Waals surface area contributed by atoms with Crippen molar-refractivity contribution in [1.82, 2.24) is 10.2 Å². The topological polar surface area (TPSA) is 58.4 Å². The number of piperidine rings is 1. The summed E-state index contributed by atoms with van der Waals surface area (Å²) in [6.07, 6.45) is 5.57. The van der Waals surface area contributed by atoms with Crippen LogP contribution in [0.25, 0.3) is 0 Å². The second kappa shape index (κ2) is 8.48. The Bertz CT molecular complexity index is 239. The molecule has 106 valence electrons. The summed E-state index contributed by atoms with van der Waals surface area (Å²) in [5, 5.41) is 3.11. The predicted octanol–water partition coefficient (Wildman–Crippen LogP) is 1.35. The Morgan fingerprint density at radius 1 is 1.44 bits per heavy atom. The lowest BCUT2D eigenvalue weighted by atomic mass is 9.95. The fourth-order valence-corrected chi connectivity index (χ4v) is 2.74. The highest BCUT2D eigenvalue weighted by Crippen LogP contribution is 2.18. The van der Waals surface area contributed by atoms with Crippen LogP contribution in [-0.2, 0) is 4.79 Å². The normalized spacial score (nSPS) is 21.2. The number of rotatable bonds is 7. The molecule has 1 aliphatic rings. The van der Waals surface area contributed by atoms with Crippen LogP contribution in [0.5, 0.6) is 0 Å². The van der Waals surface area contributed by atoms with Gasteiger partial charge < -0.3 is 11.1 Å². The number of nitrogens with one attached hydrogen (secondary N) is 1. The third kappa shape index (κ3) is 5.36. The van der Waals surface area contributed by atoms with Gasteiger partial charge in [-0.2, -0.15) is 0 Å². The van der Waals surface area contributed by atoms with Crippen LogP contribution in [-0.4, -0.2) is 43.0 Å². The first kappa shape index (κ1) is 15.4. The molecule has 3 N–H and O–H groups in total. The quantitative estimate of drug-likeness (QED) is 0.722. The molecule has 1 saturated heterocycles. The summed E-state index contributed by atoms with van der Waals surface area (Å²) >= 11 is 0. The number of carbonyl (C=O) groups is 1. The van der Waals surface area contributed by atoms with E-state index >= 15 is 0 Å². The van der Waals surface area contributed by atoms with Crippen molar-refractivity contribution in [2.75, 3.05) is 26.2 Å². The fourth-order valence-electron chi connectivity index (χ4n) is 2.74. The number of nitrogens with two attached hydrogens (primary N) is 1. The molecule has 0 saturated carbocycles. The molecule has 0 aromatic rings. The van der Waals surface area contributed by atoms with Gasteiger partial charge in [-0.3, -0.25) is 9.69 Å². The molecule has 1 atom stereocenters. The van der Waals surface area contributed by atoms with E-state index in [0.717, 1.165) is 38.9 Å². The average molecular weight is 255 g/mol. The minimum absolute atomic E-state index is 0.178. The van der Waals surface area contributed by atoms with Crippen molar-refractivity contribution in [2.45, 2.75) is 52.0 Å². The first-order valence-corrected chi connectivity index (χ1v) is 7.41. The Kier molecular flexibility index (Phi) is 7.28. The summed E-state index contributed by atoms with van der Waals surface area (Å²) in [5.41, 5.74) is 5.61. The van der Waals surface area contributed by atoms with Gasteiger partial charge in [0.05, 0.1) is 6.54 Å². The van der Waals surface area contributed by atoms with E-state index in [1.54, 1.807) is 0 Å². The SMILES string of the molecule is CCC(CC)NC(=O)CN1CCCC(CCN)C1. The van der Waals surface area contributed by atoms with Crippen molar-refractivity contribution in [1.29, 1.82) is 0 Å². The van der Waals surface area contributed by atoms with Gasteiger partial charge in [0.15, 0.2) is 0 Å². The molecule has 1 unspecified atom stereocenters. The van der Waals surface area contributed by atoms with Crippen molar-refractivity contribution >= 4 is 5.91 Å². The molecule has 0 aromatic heterocycles. The summed E-state index contributed by atoms with van der Waals surface area (Å²) in [6, 6.07) is 0.335. The molecule has 0 spiro atoms. The molecule has 4 heteroatoms. The number of carbonyl (C=O) groups excluding carboxylic acids is 1. The molecule has 0 radical (unpaired) electrons. The molecule has 0 aromatic carbocycles. The Hall–Kier alpha value is -0.610. The van der Waals surface area contributed by atoms with Crippen LogP contribution in [0.2, 0.25) is 0 Å². The van der Waals surface area contributed by atoms with Gasteiger partial charge in [0.2, 0.25) is 5.91 Å². The zero-order chi connectivity index (χ0) is 13.4. The largest absolute Gasteiger partial charge is 0.352 e. The van der Waals surface area contributed by atoms with E-state index in [9.17, 15) is 4.79 Å². The van der Waals surface area contributed by atoms with Crippen LogP contribution in [0, 0.1) is 5.92 Å². The lowest BCUT2D eigenvalue weighted by Gasteiger charge is -2.32. The maximum absolute atomic E-state index is 11.9.